The Balaban J connectivity index is 1.92. The fourth-order valence-electron chi connectivity index (χ4n) is 3.65. The molecule has 0 spiro atoms. The zero-order chi connectivity index (χ0) is 22.1. The van der Waals surface area contributed by atoms with Crippen LogP contribution in [0, 0.1) is 0 Å². The van der Waals surface area contributed by atoms with Crippen LogP contribution >= 0.6 is 23.2 Å². The molecule has 30 heavy (non-hydrogen) atoms. The van der Waals surface area contributed by atoms with Crippen molar-refractivity contribution in [1.82, 2.24) is 4.72 Å². The number of sulfonamides is 1. The highest BCUT2D eigenvalue weighted by atomic mass is 35.5. The van der Waals surface area contributed by atoms with Gasteiger partial charge < -0.3 is 0 Å². The third-order valence-electron chi connectivity index (χ3n) is 5.47. The zero-order valence-corrected chi connectivity index (χ0v) is 21.1. The van der Waals surface area contributed by atoms with E-state index in [1.54, 1.807) is 0 Å². The lowest BCUT2D eigenvalue weighted by Gasteiger charge is -2.08. The first kappa shape index (κ1) is 27.7. The highest BCUT2D eigenvalue weighted by Crippen LogP contribution is 2.22. The second-order valence-corrected chi connectivity index (χ2v) is 10.9. The average Bonchev–Trinajstić information content (AvgIpc) is 2.69. The van der Waals surface area contributed by atoms with Crippen molar-refractivity contribution < 1.29 is 8.42 Å². The molecule has 174 valence electrons. The molecule has 1 rings (SSSR count). The Kier molecular flexibility index (Phi) is 16.0. The van der Waals surface area contributed by atoms with Crippen molar-refractivity contribution in [3.8, 4) is 0 Å². The Morgan fingerprint density at radius 2 is 1.00 bits per heavy atom. The van der Waals surface area contributed by atoms with Crippen LogP contribution in [0.1, 0.15) is 110 Å². The molecule has 0 saturated heterocycles. The minimum absolute atomic E-state index is 0.122. The summed E-state index contributed by atoms with van der Waals surface area (Å²) in [5.41, 5.74) is 0. The van der Waals surface area contributed by atoms with Crippen LogP contribution in [0.25, 0.3) is 0 Å². The summed E-state index contributed by atoms with van der Waals surface area (Å²) in [6.07, 6.45) is 20.9. The van der Waals surface area contributed by atoms with Crippen molar-refractivity contribution in [1.29, 1.82) is 0 Å². The van der Waals surface area contributed by atoms with Gasteiger partial charge in [-0.3, -0.25) is 0 Å². The summed E-state index contributed by atoms with van der Waals surface area (Å²) in [5, 5.41) is 0.649. The molecule has 0 radical (unpaired) electrons. The minimum Gasteiger partial charge on any atom is -0.211 e. The summed E-state index contributed by atoms with van der Waals surface area (Å²) in [6.45, 7) is 2.72. The topological polar surface area (TPSA) is 46.2 Å². The fraction of sp³-hybridized carbons (Fsp3) is 0.750. The van der Waals surface area contributed by atoms with E-state index in [9.17, 15) is 8.42 Å². The molecular formula is C24H41Cl2NO2S. The Hall–Kier alpha value is -0.290. The molecule has 0 heterocycles. The number of hydrogen-bond acceptors (Lipinski definition) is 2. The lowest BCUT2D eigenvalue weighted by molar-refractivity contribution is 0.528. The summed E-state index contributed by atoms with van der Waals surface area (Å²) < 4.78 is 27.2. The van der Waals surface area contributed by atoms with Gasteiger partial charge in [-0.2, -0.15) is 0 Å². The molecule has 0 saturated carbocycles. The fourth-order valence-corrected chi connectivity index (χ4v) is 5.45. The van der Waals surface area contributed by atoms with Gasteiger partial charge in [-0.25, -0.2) is 13.1 Å². The first-order chi connectivity index (χ1) is 14.5. The van der Waals surface area contributed by atoms with Crippen LogP contribution in [0.5, 0.6) is 0 Å². The predicted octanol–water partition coefficient (Wildman–Crippen LogP) is 8.53. The van der Waals surface area contributed by atoms with Crippen molar-refractivity contribution in [3.05, 3.63) is 28.2 Å². The van der Waals surface area contributed by atoms with Gasteiger partial charge in [0, 0.05) is 16.6 Å². The van der Waals surface area contributed by atoms with Crippen LogP contribution in [0.15, 0.2) is 23.1 Å². The van der Waals surface area contributed by atoms with Crippen molar-refractivity contribution >= 4 is 33.2 Å². The molecule has 0 fully saturated rings. The van der Waals surface area contributed by atoms with E-state index in [1.165, 1.54) is 108 Å². The number of rotatable bonds is 19. The largest absolute Gasteiger partial charge is 0.240 e. The van der Waals surface area contributed by atoms with Gasteiger partial charge in [-0.1, -0.05) is 126 Å². The molecule has 0 aliphatic heterocycles. The minimum atomic E-state index is -3.54. The monoisotopic (exact) mass is 477 g/mol. The molecule has 0 aliphatic carbocycles. The van der Waals surface area contributed by atoms with Gasteiger partial charge in [0.05, 0.1) is 4.90 Å². The Morgan fingerprint density at radius 3 is 1.40 bits per heavy atom. The molecule has 0 amide bonds. The highest BCUT2D eigenvalue weighted by molar-refractivity contribution is 7.89. The Labute approximate surface area is 195 Å². The molecule has 6 heteroatoms. The van der Waals surface area contributed by atoms with Gasteiger partial charge in [-0.05, 0) is 24.6 Å². The summed E-state index contributed by atoms with van der Waals surface area (Å²) >= 11 is 11.8. The van der Waals surface area contributed by atoms with Gasteiger partial charge in [-0.15, -0.1) is 0 Å². The molecule has 0 bridgehead atoms. The zero-order valence-electron chi connectivity index (χ0n) is 18.7. The first-order valence-corrected chi connectivity index (χ1v) is 14.2. The third-order valence-corrected chi connectivity index (χ3v) is 7.35. The highest BCUT2D eigenvalue weighted by Gasteiger charge is 2.14. The lowest BCUT2D eigenvalue weighted by Crippen LogP contribution is -2.24. The van der Waals surface area contributed by atoms with E-state index in [-0.39, 0.29) is 4.90 Å². The van der Waals surface area contributed by atoms with Crippen LogP contribution in [0.3, 0.4) is 0 Å². The van der Waals surface area contributed by atoms with Crippen LogP contribution in [-0.4, -0.2) is 15.0 Å². The Morgan fingerprint density at radius 1 is 0.633 bits per heavy atom. The van der Waals surface area contributed by atoms with Crippen LogP contribution in [0.2, 0.25) is 10.0 Å². The maximum Gasteiger partial charge on any atom is 0.240 e. The summed E-state index contributed by atoms with van der Waals surface area (Å²) in [6, 6.07) is 4.37. The van der Waals surface area contributed by atoms with Gasteiger partial charge in [0.25, 0.3) is 0 Å². The van der Waals surface area contributed by atoms with E-state index >= 15 is 0 Å². The van der Waals surface area contributed by atoms with Gasteiger partial charge in [0.2, 0.25) is 10.0 Å². The van der Waals surface area contributed by atoms with Crippen LogP contribution in [-0.2, 0) is 10.0 Å². The number of nitrogens with one attached hydrogen (secondary N) is 1. The van der Waals surface area contributed by atoms with E-state index in [0.29, 0.717) is 16.6 Å². The molecule has 3 nitrogen and oxygen atoms in total. The normalized spacial score (nSPS) is 11.8. The third kappa shape index (κ3) is 13.9. The summed E-state index contributed by atoms with van der Waals surface area (Å²) in [7, 11) is -3.54. The molecule has 0 unspecified atom stereocenters. The summed E-state index contributed by atoms with van der Waals surface area (Å²) in [5.74, 6) is 0. The van der Waals surface area contributed by atoms with E-state index in [4.69, 9.17) is 23.2 Å². The second-order valence-electron chi connectivity index (χ2n) is 8.31. The predicted molar refractivity (Wildman–Crippen MR) is 131 cm³/mol. The van der Waals surface area contributed by atoms with E-state index in [2.05, 4.69) is 11.6 Å². The lowest BCUT2D eigenvalue weighted by atomic mass is 10.0. The molecule has 1 N–H and O–H groups in total. The number of hydrogen-bond donors (Lipinski definition) is 1. The van der Waals surface area contributed by atoms with E-state index < -0.39 is 10.0 Å². The van der Waals surface area contributed by atoms with Crippen molar-refractivity contribution in [3.63, 3.8) is 0 Å². The average molecular weight is 479 g/mol. The van der Waals surface area contributed by atoms with E-state index in [0.717, 1.165) is 12.8 Å². The molecular weight excluding hydrogens is 437 g/mol. The number of unbranched alkanes of at least 4 members (excludes halogenated alkanes) is 15. The summed E-state index contributed by atoms with van der Waals surface area (Å²) in [4.78, 5) is 0.122. The van der Waals surface area contributed by atoms with Crippen LogP contribution in [0.4, 0.5) is 0 Å². The van der Waals surface area contributed by atoms with Gasteiger partial charge in [0.15, 0.2) is 0 Å². The molecule has 0 atom stereocenters. The number of benzene rings is 1. The SMILES string of the molecule is CCCCCCCCCCCCCCCCCCNS(=O)(=O)c1cc(Cl)cc(Cl)c1. The maximum absolute atomic E-state index is 12.3. The van der Waals surface area contributed by atoms with Gasteiger partial charge in [0.1, 0.15) is 0 Å². The quantitative estimate of drug-likeness (QED) is 0.203. The van der Waals surface area contributed by atoms with Crippen LogP contribution < -0.4 is 4.72 Å². The molecule has 1 aromatic rings. The standard InChI is InChI=1S/C24H41Cl2NO2S/c1-2-3-4-5-6-7-8-9-10-11-12-13-14-15-16-17-18-27-30(28,29)24-20-22(25)19-23(26)21-24/h19-21,27H,2-18H2,1H3. The van der Waals surface area contributed by atoms with Crippen molar-refractivity contribution in [2.75, 3.05) is 6.54 Å². The van der Waals surface area contributed by atoms with Gasteiger partial charge >= 0.3 is 0 Å². The Bertz CT molecular complexity index is 645. The van der Waals surface area contributed by atoms with Crippen molar-refractivity contribution in [2.45, 2.75) is 115 Å². The molecule has 0 aromatic heterocycles. The maximum atomic E-state index is 12.3. The van der Waals surface area contributed by atoms with E-state index in [1.807, 2.05) is 0 Å². The van der Waals surface area contributed by atoms with Crippen molar-refractivity contribution in [2.24, 2.45) is 0 Å². The second kappa shape index (κ2) is 17.3. The first-order valence-electron chi connectivity index (χ1n) is 11.9. The molecule has 1 aromatic carbocycles. The smallest absolute Gasteiger partial charge is 0.211 e. The molecule has 0 aliphatic rings. The number of halogens is 2.